The van der Waals surface area contributed by atoms with E-state index in [1.807, 2.05) is 24.3 Å². The maximum atomic E-state index is 6.32. The van der Waals surface area contributed by atoms with Crippen molar-refractivity contribution in [1.82, 2.24) is 9.55 Å². The molecule has 7 aromatic rings. The van der Waals surface area contributed by atoms with E-state index in [1.165, 1.54) is 0 Å². The first kappa shape index (κ1) is 17.3. The number of para-hydroxylation sites is 3. The molecule has 0 aliphatic carbocycles. The minimum Gasteiger partial charge on any atom is -0.455 e. The number of fused-ring (bicyclic) bond motifs is 6. The van der Waals surface area contributed by atoms with Crippen LogP contribution in [0.5, 0.6) is 0 Å². The van der Waals surface area contributed by atoms with Crippen LogP contribution in [0, 0.1) is 0 Å². The zero-order chi connectivity index (χ0) is 21.1. The molecule has 0 spiro atoms. The second-order valence-electron chi connectivity index (χ2n) is 8.04. The molecule has 0 saturated heterocycles. The molecule has 0 aliphatic rings. The van der Waals surface area contributed by atoms with Crippen LogP contribution in [-0.2, 0) is 0 Å². The molecule has 2 aromatic heterocycles. The van der Waals surface area contributed by atoms with Gasteiger partial charge in [0.15, 0.2) is 0 Å². The van der Waals surface area contributed by atoms with Crippen LogP contribution in [0.1, 0.15) is 0 Å². The standard InChI is InChI=1S/C29H18N2O/c1-2-10-19(11-3-1)29-30-24-15-7-8-16-25(24)31(29)26-18-23-21-13-6-9-17-27(21)32-28(23)22-14-5-4-12-20(22)26/h1-18H. The molecule has 0 saturated carbocycles. The lowest BCUT2D eigenvalue weighted by Gasteiger charge is -2.13. The summed E-state index contributed by atoms with van der Waals surface area (Å²) in [7, 11) is 0. The monoisotopic (exact) mass is 410 g/mol. The first-order chi connectivity index (χ1) is 15.9. The zero-order valence-electron chi connectivity index (χ0n) is 17.2. The Morgan fingerprint density at radius 3 is 2.16 bits per heavy atom. The van der Waals surface area contributed by atoms with E-state index in [2.05, 4.69) is 89.5 Å². The highest BCUT2D eigenvalue weighted by Crippen LogP contribution is 2.39. The van der Waals surface area contributed by atoms with Crippen LogP contribution in [0.3, 0.4) is 0 Å². The minimum atomic E-state index is 0.906. The van der Waals surface area contributed by atoms with Crippen LogP contribution < -0.4 is 0 Å². The van der Waals surface area contributed by atoms with Gasteiger partial charge in [-0.15, -0.1) is 0 Å². The molecular formula is C29H18N2O. The van der Waals surface area contributed by atoms with Crippen molar-refractivity contribution in [2.45, 2.75) is 0 Å². The number of hydrogen-bond acceptors (Lipinski definition) is 2. The normalized spacial score (nSPS) is 11.8. The quantitative estimate of drug-likeness (QED) is 0.292. The summed E-state index contributed by atoms with van der Waals surface area (Å²) in [4.78, 5) is 5.04. The SMILES string of the molecule is c1ccc(-c2nc3ccccc3n2-c2cc3c4ccccc4oc3c3ccccc23)cc1. The third-order valence-electron chi connectivity index (χ3n) is 6.20. The predicted octanol–water partition coefficient (Wildman–Crippen LogP) is 7.75. The molecule has 0 unspecified atom stereocenters. The third kappa shape index (κ3) is 2.39. The van der Waals surface area contributed by atoms with Crippen LogP contribution >= 0.6 is 0 Å². The minimum absolute atomic E-state index is 0.906. The summed E-state index contributed by atoms with van der Waals surface area (Å²) in [5.74, 6) is 0.934. The Morgan fingerprint density at radius 1 is 0.594 bits per heavy atom. The molecule has 5 aromatic carbocycles. The van der Waals surface area contributed by atoms with E-state index in [0.717, 1.165) is 60.8 Å². The van der Waals surface area contributed by atoms with Gasteiger partial charge in [-0.2, -0.15) is 0 Å². The Balaban J connectivity index is 1.69. The highest BCUT2D eigenvalue weighted by Gasteiger charge is 2.19. The van der Waals surface area contributed by atoms with Gasteiger partial charge >= 0.3 is 0 Å². The van der Waals surface area contributed by atoms with Crippen molar-refractivity contribution in [2.75, 3.05) is 0 Å². The second-order valence-corrected chi connectivity index (χ2v) is 8.04. The highest BCUT2D eigenvalue weighted by molar-refractivity contribution is 6.17. The Kier molecular flexibility index (Phi) is 3.55. The van der Waals surface area contributed by atoms with E-state index in [4.69, 9.17) is 9.40 Å². The van der Waals surface area contributed by atoms with Gasteiger partial charge in [-0.1, -0.05) is 84.9 Å². The van der Waals surface area contributed by atoms with Crippen molar-refractivity contribution >= 4 is 43.7 Å². The fourth-order valence-corrected chi connectivity index (χ4v) is 4.76. The fourth-order valence-electron chi connectivity index (χ4n) is 4.76. The maximum absolute atomic E-state index is 6.32. The summed E-state index contributed by atoms with van der Waals surface area (Å²) in [6.07, 6.45) is 0. The number of furan rings is 1. The van der Waals surface area contributed by atoms with Crippen molar-refractivity contribution < 1.29 is 4.42 Å². The van der Waals surface area contributed by atoms with Gasteiger partial charge in [0.05, 0.1) is 16.7 Å². The summed E-state index contributed by atoms with van der Waals surface area (Å²) in [5.41, 5.74) is 6.09. The van der Waals surface area contributed by atoms with Gasteiger partial charge in [0.25, 0.3) is 0 Å². The van der Waals surface area contributed by atoms with Crippen molar-refractivity contribution in [3.63, 3.8) is 0 Å². The van der Waals surface area contributed by atoms with Crippen LogP contribution in [0.15, 0.2) is 114 Å². The number of imidazole rings is 1. The fraction of sp³-hybridized carbons (Fsp3) is 0. The third-order valence-corrected chi connectivity index (χ3v) is 6.20. The van der Waals surface area contributed by atoms with E-state index in [0.29, 0.717) is 0 Å². The number of hydrogen-bond donors (Lipinski definition) is 0. The van der Waals surface area contributed by atoms with E-state index in [1.54, 1.807) is 0 Å². The maximum Gasteiger partial charge on any atom is 0.145 e. The van der Waals surface area contributed by atoms with Gasteiger partial charge < -0.3 is 4.42 Å². The summed E-state index contributed by atoms with van der Waals surface area (Å²) >= 11 is 0. The van der Waals surface area contributed by atoms with Crippen LogP contribution in [0.2, 0.25) is 0 Å². The first-order valence-corrected chi connectivity index (χ1v) is 10.7. The van der Waals surface area contributed by atoms with Crippen molar-refractivity contribution in [3.8, 4) is 17.1 Å². The summed E-state index contributed by atoms with van der Waals surface area (Å²) in [6.45, 7) is 0. The molecule has 2 heterocycles. The summed E-state index contributed by atoms with van der Waals surface area (Å²) in [5, 5.41) is 4.48. The molecule has 150 valence electrons. The summed E-state index contributed by atoms with van der Waals surface area (Å²) in [6, 6.07) is 37.7. The molecule has 0 fully saturated rings. The second kappa shape index (κ2) is 6.56. The Labute approximate surface area is 184 Å². The molecule has 7 rings (SSSR count). The van der Waals surface area contributed by atoms with E-state index in [-0.39, 0.29) is 0 Å². The van der Waals surface area contributed by atoms with Gasteiger partial charge in [0, 0.05) is 27.1 Å². The average Bonchev–Trinajstić information content (AvgIpc) is 3.43. The molecule has 3 heteroatoms. The van der Waals surface area contributed by atoms with Crippen molar-refractivity contribution in [2.24, 2.45) is 0 Å². The van der Waals surface area contributed by atoms with E-state index >= 15 is 0 Å². The Bertz CT molecular complexity index is 1770. The van der Waals surface area contributed by atoms with E-state index < -0.39 is 0 Å². The van der Waals surface area contributed by atoms with Crippen LogP contribution in [0.4, 0.5) is 0 Å². The number of benzene rings is 5. The molecule has 3 nitrogen and oxygen atoms in total. The topological polar surface area (TPSA) is 31.0 Å². The van der Waals surface area contributed by atoms with Crippen LogP contribution in [-0.4, -0.2) is 9.55 Å². The number of nitrogens with zero attached hydrogens (tertiary/aromatic N) is 2. The number of aromatic nitrogens is 2. The molecule has 32 heavy (non-hydrogen) atoms. The van der Waals surface area contributed by atoms with Crippen molar-refractivity contribution in [1.29, 1.82) is 0 Å². The number of rotatable bonds is 2. The molecule has 0 atom stereocenters. The van der Waals surface area contributed by atoms with E-state index in [9.17, 15) is 0 Å². The van der Waals surface area contributed by atoms with Gasteiger partial charge in [-0.25, -0.2) is 4.98 Å². The predicted molar refractivity (Wildman–Crippen MR) is 131 cm³/mol. The average molecular weight is 410 g/mol. The molecule has 0 amide bonds. The first-order valence-electron chi connectivity index (χ1n) is 10.7. The molecular weight excluding hydrogens is 392 g/mol. The van der Waals surface area contributed by atoms with Crippen LogP contribution in [0.25, 0.3) is 60.8 Å². The van der Waals surface area contributed by atoms with Gasteiger partial charge in [0.2, 0.25) is 0 Å². The lowest BCUT2D eigenvalue weighted by atomic mass is 10.0. The lowest BCUT2D eigenvalue weighted by molar-refractivity contribution is 0.672. The molecule has 0 bridgehead atoms. The highest BCUT2D eigenvalue weighted by atomic mass is 16.3. The zero-order valence-corrected chi connectivity index (χ0v) is 17.2. The molecule has 0 radical (unpaired) electrons. The Morgan fingerprint density at radius 2 is 1.28 bits per heavy atom. The summed E-state index contributed by atoms with van der Waals surface area (Å²) < 4.78 is 8.60. The molecule has 0 N–H and O–H groups in total. The van der Waals surface area contributed by atoms with Gasteiger partial charge in [0.1, 0.15) is 17.0 Å². The largest absolute Gasteiger partial charge is 0.455 e. The smallest absolute Gasteiger partial charge is 0.145 e. The lowest BCUT2D eigenvalue weighted by Crippen LogP contribution is -1.99. The van der Waals surface area contributed by atoms with Crippen molar-refractivity contribution in [3.05, 3.63) is 109 Å². The van der Waals surface area contributed by atoms with Gasteiger partial charge in [-0.05, 0) is 24.3 Å². The van der Waals surface area contributed by atoms with Gasteiger partial charge in [-0.3, -0.25) is 4.57 Å². The molecule has 0 aliphatic heterocycles. The Hall–Kier alpha value is -4.37.